The van der Waals surface area contributed by atoms with Crippen molar-refractivity contribution in [2.75, 3.05) is 56.8 Å². The minimum atomic E-state index is 0.598. The number of nitrogens with zero attached hydrogens (tertiary/aromatic N) is 3. The molecule has 114 valence electrons. The standard InChI is InChI=1S/C13H23BrN4O2/c1-4-19-8-6-18(7-9-20-5-2)12-11(14)10-16-13(15-3)17-12/h10H,4-9H2,1-3H3,(H,15,16,17). The highest BCUT2D eigenvalue weighted by molar-refractivity contribution is 9.10. The molecule has 1 rings (SSSR count). The van der Waals surface area contributed by atoms with Gasteiger partial charge in [-0.05, 0) is 29.8 Å². The van der Waals surface area contributed by atoms with Crippen LogP contribution in [0, 0.1) is 0 Å². The molecule has 6 nitrogen and oxygen atoms in total. The third kappa shape index (κ3) is 5.60. The van der Waals surface area contributed by atoms with E-state index < -0.39 is 0 Å². The van der Waals surface area contributed by atoms with Crippen molar-refractivity contribution in [2.24, 2.45) is 0 Å². The number of hydrogen-bond acceptors (Lipinski definition) is 6. The number of nitrogens with one attached hydrogen (secondary N) is 1. The maximum atomic E-state index is 5.43. The molecule has 0 aromatic carbocycles. The molecule has 7 heteroatoms. The minimum absolute atomic E-state index is 0.598. The summed E-state index contributed by atoms with van der Waals surface area (Å²) in [6, 6.07) is 0. The summed E-state index contributed by atoms with van der Waals surface area (Å²) in [5.74, 6) is 1.45. The number of rotatable bonds is 10. The Morgan fingerprint density at radius 1 is 1.20 bits per heavy atom. The number of halogens is 1. The molecule has 0 unspecified atom stereocenters. The molecular formula is C13H23BrN4O2. The molecule has 20 heavy (non-hydrogen) atoms. The lowest BCUT2D eigenvalue weighted by Gasteiger charge is -2.24. The number of ether oxygens (including phenoxy) is 2. The van der Waals surface area contributed by atoms with Gasteiger partial charge in [0.15, 0.2) is 0 Å². The fourth-order valence-corrected chi connectivity index (χ4v) is 2.10. The van der Waals surface area contributed by atoms with Gasteiger partial charge in [-0.1, -0.05) is 0 Å². The lowest BCUT2D eigenvalue weighted by Crippen LogP contribution is -2.32. The van der Waals surface area contributed by atoms with Crippen LogP contribution in [0.1, 0.15) is 13.8 Å². The van der Waals surface area contributed by atoms with E-state index in [-0.39, 0.29) is 0 Å². The smallest absolute Gasteiger partial charge is 0.224 e. The summed E-state index contributed by atoms with van der Waals surface area (Å²) >= 11 is 3.50. The molecule has 1 heterocycles. The molecule has 0 aliphatic rings. The highest BCUT2D eigenvalue weighted by Crippen LogP contribution is 2.24. The van der Waals surface area contributed by atoms with Crippen molar-refractivity contribution in [3.63, 3.8) is 0 Å². The molecule has 0 aliphatic heterocycles. The first kappa shape index (κ1) is 17.1. The molecule has 1 aromatic rings. The van der Waals surface area contributed by atoms with Gasteiger partial charge in [0.25, 0.3) is 0 Å². The Labute approximate surface area is 129 Å². The van der Waals surface area contributed by atoms with Gasteiger partial charge in [-0.2, -0.15) is 4.98 Å². The molecule has 0 spiro atoms. The number of aromatic nitrogens is 2. The lowest BCUT2D eigenvalue weighted by atomic mass is 10.4. The van der Waals surface area contributed by atoms with E-state index >= 15 is 0 Å². The summed E-state index contributed by atoms with van der Waals surface area (Å²) in [5.41, 5.74) is 0. The Hall–Kier alpha value is -0.920. The maximum absolute atomic E-state index is 5.43. The minimum Gasteiger partial charge on any atom is -0.380 e. The summed E-state index contributed by atoms with van der Waals surface area (Å²) < 4.78 is 11.7. The second-order valence-electron chi connectivity index (χ2n) is 4.00. The molecule has 0 radical (unpaired) electrons. The Morgan fingerprint density at radius 3 is 2.30 bits per heavy atom. The van der Waals surface area contributed by atoms with Crippen molar-refractivity contribution in [1.29, 1.82) is 0 Å². The van der Waals surface area contributed by atoms with Gasteiger partial charge in [-0.3, -0.25) is 0 Å². The predicted octanol–water partition coefficient (Wildman–Crippen LogP) is 2.16. The van der Waals surface area contributed by atoms with Crippen LogP contribution in [0.15, 0.2) is 10.7 Å². The van der Waals surface area contributed by atoms with Gasteiger partial charge in [-0.25, -0.2) is 4.98 Å². The van der Waals surface area contributed by atoms with E-state index in [0.717, 1.165) is 23.4 Å². The van der Waals surface area contributed by atoms with Crippen molar-refractivity contribution >= 4 is 27.7 Å². The quantitative estimate of drug-likeness (QED) is 0.655. The van der Waals surface area contributed by atoms with Crippen LogP contribution < -0.4 is 10.2 Å². The zero-order chi connectivity index (χ0) is 14.8. The monoisotopic (exact) mass is 346 g/mol. The first-order chi connectivity index (χ1) is 9.72. The third-order valence-corrected chi connectivity index (χ3v) is 3.23. The van der Waals surface area contributed by atoms with Gasteiger partial charge in [0, 0.05) is 39.5 Å². The van der Waals surface area contributed by atoms with Crippen molar-refractivity contribution in [1.82, 2.24) is 9.97 Å². The highest BCUT2D eigenvalue weighted by Gasteiger charge is 2.13. The molecule has 0 fully saturated rings. The van der Waals surface area contributed by atoms with E-state index in [2.05, 4.69) is 36.1 Å². The Bertz CT molecular complexity index is 383. The van der Waals surface area contributed by atoms with Crippen molar-refractivity contribution in [2.45, 2.75) is 13.8 Å². The topological polar surface area (TPSA) is 59.5 Å². The van der Waals surface area contributed by atoms with Crippen LogP contribution in [0.25, 0.3) is 0 Å². The van der Waals surface area contributed by atoms with Crippen molar-refractivity contribution in [3.05, 3.63) is 10.7 Å². The second kappa shape index (κ2) is 9.90. The van der Waals surface area contributed by atoms with E-state index in [1.807, 2.05) is 13.8 Å². The highest BCUT2D eigenvalue weighted by atomic mass is 79.9. The van der Waals surface area contributed by atoms with Gasteiger partial charge in [-0.15, -0.1) is 0 Å². The van der Waals surface area contributed by atoms with Crippen LogP contribution in [0.5, 0.6) is 0 Å². The van der Waals surface area contributed by atoms with Crippen LogP contribution in [-0.2, 0) is 9.47 Å². The van der Waals surface area contributed by atoms with E-state index in [9.17, 15) is 0 Å². The van der Waals surface area contributed by atoms with Crippen molar-refractivity contribution in [3.8, 4) is 0 Å². The zero-order valence-corrected chi connectivity index (χ0v) is 13.9. The predicted molar refractivity (Wildman–Crippen MR) is 84.5 cm³/mol. The Kier molecular flexibility index (Phi) is 8.48. The molecule has 1 aromatic heterocycles. The van der Waals surface area contributed by atoms with Crippen LogP contribution in [0.4, 0.5) is 11.8 Å². The van der Waals surface area contributed by atoms with Crippen LogP contribution in [-0.4, -0.2) is 56.5 Å². The van der Waals surface area contributed by atoms with E-state index in [1.54, 1.807) is 13.2 Å². The molecule has 0 bridgehead atoms. The van der Waals surface area contributed by atoms with Gasteiger partial charge in [0.2, 0.25) is 5.95 Å². The fraction of sp³-hybridized carbons (Fsp3) is 0.692. The molecule has 0 aliphatic carbocycles. The normalized spacial score (nSPS) is 10.6. The lowest BCUT2D eigenvalue weighted by molar-refractivity contribution is 0.141. The van der Waals surface area contributed by atoms with Crippen LogP contribution in [0.3, 0.4) is 0 Å². The van der Waals surface area contributed by atoms with E-state index in [0.29, 0.717) is 32.4 Å². The van der Waals surface area contributed by atoms with Gasteiger partial charge in [0.05, 0.1) is 17.7 Å². The van der Waals surface area contributed by atoms with Gasteiger partial charge >= 0.3 is 0 Å². The maximum Gasteiger partial charge on any atom is 0.224 e. The first-order valence-electron chi connectivity index (χ1n) is 6.83. The summed E-state index contributed by atoms with van der Waals surface area (Å²) in [6.45, 7) is 8.26. The van der Waals surface area contributed by atoms with E-state index in [1.165, 1.54) is 0 Å². The van der Waals surface area contributed by atoms with Crippen molar-refractivity contribution < 1.29 is 9.47 Å². The molecule has 0 amide bonds. The first-order valence-corrected chi connectivity index (χ1v) is 7.62. The fourth-order valence-electron chi connectivity index (χ4n) is 1.66. The Morgan fingerprint density at radius 2 is 1.80 bits per heavy atom. The zero-order valence-electron chi connectivity index (χ0n) is 12.4. The summed E-state index contributed by atoms with van der Waals surface area (Å²) in [6.07, 6.45) is 1.75. The van der Waals surface area contributed by atoms with Crippen LogP contribution in [0.2, 0.25) is 0 Å². The number of hydrogen-bond donors (Lipinski definition) is 1. The SMILES string of the molecule is CCOCCN(CCOCC)c1nc(NC)ncc1Br. The summed E-state index contributed by atoms with van der Waals surface area (Å²) in [5, 5.41) is 2.95. The average Bonchev–Trinajstić information content (AvgIpc) is 2.47. The van der Waals surface area contributed by atoms with Crippen LogP contribution >= 0.6 is 15.9 Å². The average molecular weight is 347 g/mol. The summed E-state index contributed by atoms with van der Waals surface area (Å²) in [4.78, 5) is 10.8. The summed E-state index contributed by atoms with van der Waals surface area (Å²) in [7, 11) is 1.80. The van der Waals surface area contributed by atoms with Gasteiger partial charge < -0.3 is 19.7 Å². The molecule has 0 saturated heterocycles. The van der Waals surface area contributed by atoms with Gasteiger partial charge in [0.1, 0.15) is 5.82 Å². The molecular weight excluding hydrogens is 324 g/mol. The largest absolute Gasteiger partial charge is 0.380 e. The van der Waals surface area contributed by atoms with E-state index in [4.69, 9.17) is 9.47 Å². The molecule has 0 saturated carbocycles. The number of anilines is 2. The Balaban J connectivity index is 2.78. The third-order valence-electron chi connectivity index (χ3n) is 2.67. The molecule has 0 atom stereocenters. The molecule has 1 N–H and O–H groups in total. The second-order valence-corrected chi connectivity index (χ2v) is 4.85.